The molecule has 2 rings (SSSR count). The normalized spacial score (nSPS) is 10.3. The van der Waals surface area contributed by atoms with Crippen molar-refractivity contribution in [1.29, 1.82) is 0 Å². The van der Waals surface area contributed by atoms with Crippen molar-refractivity contribution < 1.29 is 23.5 Å². The molecule has 0 saturated carbocycles. The van der Waals surface area contributed by atoms with Crippen molar-refractivity contribution >= 4 is 27.9 Å². The van der Waals surface area contributed by atoms with Crippen LogP contribution in [0.15, 0.2) is 37.9 Å². The van der Waals surface area contributed by atoms with Crippen molar-refractivity contribution in [2.45, 2.75) is 20.5 Å². The summed E-state index contributed by atoms with van der Waals surface area (Å²) >= 11 is 3.33. The summed E-state index contributed by atoms with van der Waals surface area (Å²) < 4.78 is 15.5. The van der Waals surface area contributed by atoms with Crippen molar-refractivity contribution in [3.63, 3.8) is 0 Å². The Labute approximate surface area is 146 Å². The Morgan fingerprint density at radius 2 is 1.88 bits per heavy atom. The smallest absolute Gasteiger partial charge is 0.342 e. The van der Waals surface area contributed by atoms with Crippen molar-refractivity contribution in [2.24, 2.45) is 0 Å². The van der Waals surface area contributed by atoms with Crippen LogP contribution in [0.2, 0.25) is 0 Å². The largest absolute Gasteiger partial charge is 0.465 e. The first kappa shape index (κ1) is 17.9. The molecule has 2 aromatic rings. The number of esters is 2. The highest BCUT2D eigenvalue weighted by atomic mass is 79.9. The molecule has 6 nitrogen and oxygen atoms in total. The molecule has 0 radical (unpaired) electrons. The van der Waals surface area contributed by atoms with Crippen LogP contribution >= 0.6 is 15.9 Å². The molecule has 0 atom stereocenters. The van der Waals surface area contributed by atoms with Gasteiger partial charge in [-0.05, 0) is 31.5 Å². The molecule has 0 aliphatic rings. The first-order valence-corrected chi connectivity index (χ1v) is 7.78. The summed E-state index contributed by atoms with van der Waals surface area (Å²) in [5.41, 5.74) is 1.29. The van der Waals surface area contributed by atoms with Crippen LogP contribution in [-0.2, 0) is 16.1 Å². The Morgan fingerprint density at radius 3 is 2.46 bits per heavy atom. The average molecular weight is 395 g/mol. The number of carbonyl (C=O) groups is 2. The molecule has 0 amide bonds. The first-order valence-electron chi connectivity index (χ1n) is 6.98. The van der Waals surface area contributed by atoms with Gasteiger partial charge in [0.05, 0.1) is 12.7 Å². The van der Waals surface area contributed by atoms with Crippen LogP contribution in [0, 0.1) is 13.8 Å². The maximum absolute atomic E-state index is 12.2. The van der Waals surface area contributed by atoms with Crippen LogP contribution in [0.25, 0.3) is 0 Å². The number of halogens is 1. The van der Waals surface area contributed by atoms with Crippen LogP contribution in [0.1, 0.15) is 37.6 Å². The second-order valence-corrected chi connectivity index (χ2v) is 5.91. The number of hydrogen-bond donors (Lipinski definition) is 0. The van der Waals surface area contributed by atoms with E-state index in [4.69, 9.17) is 9.15 Å². The summed E-state index contributed by atoms with van der Waals surface area (Å²) in [5, 5.41) is 0. The first-order chi connectivity index (χ1) is 11.3. The highest BCUT2D eigenvalue weighted by Gasteiger charge is 2.17. The van der Waals surface area contributed by atoms with Crippen LogP contribution in [0.5, 0.6) is 0 Å². The minimum Gasteiger partial charge on any atom is -0.465 e. The fourth-order valence-electron chi connectivity index (χ4n) is 2.19. The molecule has 0 unspecified atom stereocenters. The van der Waals surface area contributed by atoms with Crippen LogP contribution in [0.3, 0.4) is 0 Å². The molecule has 0 aliphatic carbocycles. The summed E-state index contributed by atoms with van der Waals surface area (Å²) in [6.45, 7) is 3.17. The zero-order valence-electron chi connectivity index (χ0n) is 13.3. The minimum atomic E-state index is -0.585. The molecular formula is C17H15BrO6. The third kappa shape index (κ3) is 3.91. The van der Waals surface area contributed by atoms with Gasteiger partial charge in [-0.15, -0.1) is 0 Å². The van der Waals surface area contributed by atoms with Crippen molar-refractivity contribution in [1.82, 2.24) is 0 Å². The summed E-state index contributed by atoms with van der Waals surface area (Å²) in [7, 11) is 1.30. The summed E-state index contributed by atoms with van der Waals surface area (Å²) in [6.07, 6.45) is 0. The highest BCUT2D eigenvalue weighted by Crippen LogP contribution is 2.21. The Hall–Kier alpha value is -2.41. The van der Waals surface area contributed by atoms with E-state index in [-0.39, 0.29) is 17.9 Å². The highest BCUT2D eigenvalue weighted by molar-refractivity contribution is 9.10. The maximum atomic E-state index is 12.2. The number of hydrogen-bond acceptors (Lipinski definition) is 6. The molecule has 0 aliphatic heterocycles. The fourth-order valence-corrected chi connectivity index (χ4v) is 2.68. The molecule has 24 heavy (non-hydrogen) atoms. The van der Waals surface area contributed by atoms with Gasteiger partial charge in [0, 0.05) is 16.1 Å². The van der Waals surface area contributed by atoms with Gasteiger partial charge in [-0.2, -0.15) is 0 Å². The van der Waals surface area contributed by atoms with Gasteiger partial charge in [0.1, 0.15) is 17.9 Å². The number of aryl methyl sites for hydroxylation is 2. The molecule has 0 bridgehead atoms. The number of methoxy groups -OCH3 is 1. The van der Waals surface area contributed by atoms with Crippen LogP contribution in [-0.4, -0.2) is 19.0 Å². The van der Waals surface area contributed by atoms with Crippen LogP contribution in [0.4, 0.5) is 0 Å². The zero-order chi connectivity index (χ0) is 17.9. The molecule has 126 valence electrons. The van der Waals surface area contributed by atoms with E-state index in [0.29, 0.717) is 21.2 Å². The lowest BCUT2D eigenvalue weighted by atomic mass is 10.1. The van der Waals surface area contributed by atoms with E-state index in [1.165, 1.54) is 20.1 Å². The number of ether oxygens (including phenoxy) is 2. The monoisotopic (exact) mass is 394 g/mol. The summed E-state index contributed by atoms with van der Waals surface area (Å²) in [4.78, 5) is 35.0. The van der Waals surface area contributed by atoms with Gasteiger partial charge in [-0.25, -0.2) is 14.4 Å². The van der Waals surface area contributed by atoms with E-state index in [2.05, 4.69) is 20.7 Å². The number of carbonyl (C=O) groups excluding carboxylic acids is 2. The maximum Gasteiger partial charge on any atom is 0.342 e. The Morgan fingerprint density at radius 1 is 1.17 bits per heavy atom. The average Bonchev–Trinajstić information content (AvgIpc) is 2.51. The van der Waals surface area contributed by atoms with E-state index < -0.39 is 17.6 Å². The standard InChI is InChI=1S/C17H15BrO6/c1-9-6-14(19)24-10(2)15(9)17(21)23-8-12-5-4-11(7-13(12)18)16(20)22-3/h4-7H,8H2,1-3H3. The predicted octanol–water partition coefficient (Wildman–Crippen LogP) is 3.16. The van der Waals surface area contributed by atoms with E-state index in [0.717, 1.165) is 0 Å². The Kier molecular flexibility index (Phi) is 5.56. The van der Waals surface area contributed by atoms with Gasteiger partial charge in [0.15, 0.2) is 0 Å². The van der Waals surface area contributed by atoms with Gasteiger partial charge in [0.2, 0.25) is 0 Å². The number of rotatable bonds is 4. The molecule has 0 N–H and O–H groups in total. The van der Waals surface area contributed by atoms with Gasteiger partial charge >= 0.3 is 17.6 Å². The second kappa shape index (κ2) is 7.44. The molecule has 1 heterocycles. The lowest BCUT2D eigenvalue weighted by Crippen LogP contribution is -2.13. The summed E-state index contributed by atoms with van der Waals surface area (Å²) in [5.74, 6) is -0.826. The molecule has 0 spiro atoms. The van der Waals surface area contributed by atoms with E-state index >= 15 is 0 Å². The van der Waals surface area contributed by atoms with E-state index in [1.807, 2.05) is 0 Å². The van der Waals surface area contributed by atoms with Gasteiger partial charge in [-0.3, -0.25) is 0 Å². The quantitative estimate of drug-likeness (QED) is 0.740. The third-order valence-electron chi connectivity index (χ3n) is 3.37. The fraction of sp³-hybridized carbons (Fsp3) is 0.235. The van der Waals surface area contributed by atoms with E-state index in [9.17, 15) is 14.4 Å². The Bertz CT molecular complexity index is 826. The molecule has 0 fully saturated rings. The topological polar surface area (TPSA) is 82.8 Å². The molecule has 0 saturated heterocycles. The second-order valence-electron chi connectivity index (χ2n) is 5.05. The molecular weight excluding hydrogens is 380 g/mol. The van der Waals surface area contributed by atoms with Crippen LogP contribution < -0.4 is 5.63 Å². The predicted molar refractivity (Wildman–Crippen MR) is 89.1 cm³/mol. The van der Waals surface area contributed by atoms with E-state index in [1.54, 1.807) is 25.1 Å². The lowest BCUT2D eigenvalue weighted by molar-refractivity contribution is 0.0465. The van der Waals surface area contributed by atoms with Gasteiger partial charge in [-0.1, -0.05) is 22.0 Å². The molecule has 7 heteroatoms. The zero-order valence-corrected chi connectivity index (χ0v) is 14.9. The summed E-state index contributed by atoms with van der Waals surface area (Å²) in [6, 6.07) is 6.07. The SMILES string of the molecule is COC(=O)c1ccc(COC(=O)c2c(C)cc(=O)oc2C)c(Br)c1. The third-order valence-corrected chi connectivity index (χ3v) is 4.11. The van der Waals surface area contributed by atoms with Crippen molar-refractivity contribution in [3.8, 4) is 0 Å². The van der Waals surface area contributed by atoms with Crippen molar-refractivity contribution in [2.75, 3.05) is 7.11 Å². The Balaban J connectivity index is 2.15. The molecule has 1 aromatic carbocycles. The lowest BCUT2D eigenvalue weighted by Gasteiger charge is -2.10. The van der Waals surface area contributed by atoms with Gasteiger partial charge < -0.3 is 13.9 Å². The minimum absolute atomic E-state index is 0.00112. The number of benzene rings is 1. The van der Waals surface area contributed by atoms with Gasteiger partial charge in [0.25, 0.3) is 0 Å². The molecule has 1 aromatic heterocycles. The van der Waals surface area contributed by atoms with Crippen molar-refractivity contribution in [3.05, 3.63) is 67.2 Å².